The van der Waals surface area contributed by atoms with E-state index in [0.717, 1.165) is 30.9 Å². The van der Waals surface area contributed by atoms with E-state index in [9.17, 15) is 0 Å². The van der Waals surface area contributed by atoms with Gasteiger partial charge >= 0.3 is 0 Å². The number of aryl methyl sites for hydroxylation is 2. The number of hydrogen-bond donors (Lipinski definition) is 3. The van der Waals surface area contributed by atoms with Crippen molar-refractivity contribution in [3.8, 4) is 0 Å². The van der Waals surface area contributed by atoms with Crippen LogP contribution in [0.5, 0.6) is 0 Å². The van der Waals surface area contributed by atoms with Gasteiger partial charge in [-0.1, -0.05) is 13.8 Å². The van der Waals surface area contributed by atoms with Gasteiger partial charge in [0.25, 0.3) is 0 Å². The number of rotatable bonds is 6. The highest BCUT2D eigenvalue weighted by Crippen LogP contribution is 2.26. The van der Waals surface area contributed by atoms with Gasteiger partial charge in [0, 0.05) is 20.2 Å². The second-order valence-electron chi connectivity index (χ2n) is 5.32. The van der Waals surface area contributed by atoms with Crippen LogP contribution in [0, 0.1) is 12.3 Å². The number of hydrogen-bond acceptors (Lipinski definition) is 4. The third-order valence-electron chi connectivity index (χ3n) is 3.01. The smallest absolute Gasteiger partial charge is 0.147 e. The zero-order valence-electron chi connectivity index (χ0n) is 11.2. The largest absolute Gasteiger partial charge is 0.396 e. The van der Waals surface area contributed by atoms with E-state index >= 15 is 0 Å². The molecule has 0 radical (unpaired) electrons. The van der Waals surface area contributed by atoms with E-state index in [-0.39, 0.29) is 12.0 Å². The second-order valence-corrected chi connectivity index (χ2v) is 5.32. The first kappa shape index (κ1) is 13.8. The molecule has 17 heavy (non-hydrogen) atoms. The van der Waals surface area contributed by atoms with Gasteiger partial charge in [-0.2, -0.15) is 5.10 Å². The van der Waals surface area contributed by atoms with Crippen LogP contribution in [-0.4, -0.2) is 28.0 Å². The van der Waals surface area contributed by atoms with Crippen molar-refractivity contribution < 1.29 is 5.11 Å². The summed E-state index contributed by atoms with van der Waals surface area (Å²) < 4.78 is 1.77. The molecule has 4 N–H and O–H groups in total. The van der Waals surface area contributed by atoms with Gasteiger partial charge in [0.15, 0.2) is 0 Å². The Morgan fingerprint density at radius 2 is 2.12 bits per heavy atom. The lowest BCUT2D eigenvalue weighted by atomic mass is 9.88. The molecule has 0 aliphatic rings. The van der Waals surface area contributed by atoms with Crippen LogP contribution in [0.15, 0.2) is 0 Å². The van der Waals surface area contributed by atoms with Crippen molar-refractivity contribution in [2.75, 3.05) is 24.2 Å². The molecule has 5 nitrogen and oxygen atoms in total. The fourth-order valence-electron chi connectivity index (χ4n) is 1.85. The number of nitrogen functional groups attached to an aromatic ring is 1. The minimum Gasteiger partial charge on any atom is -0.396 e. The van der Waals surface area contributed by atoms with Crippen molar-refractivity contribution in [2.24, 2.45) is 12.5 Å². The summed E-state index contributed by atoms with van der Waals surface area (Å²) in [5, 5.41) is 16.5. The molecule has 1 rings (SSSR count). The Hall–Kier alpha value is -1.23. The van der Waals surface area contributed by atoms with E-state index in [1.807, 2.05) is 14.0 Å². The first-order valence-electron chi connectivity index (χ1n) is 6.01. The van der Waals surface area contributed by atoms with Gasteiger partial charge in [0.2, 0.25) is 0 Å². The Kier molecular flexibility index (Phi) is 4.40. The maximum atomic E-state index is 8.85. The fraction of sp³-hybridized carbons (Fsp3) is 0.750. The third kappa shape index (κ3) is 3.63. The second kappa shape index (κ2) is 5.40. The van der Waals surface area contributed by atoms with Gasteiger partial charge in [-0.3, -0.25) is 4.68 Å². The fourth-order valence-corrected chi connectivity index (χ4v) is 1.85. The van der Waals surface area contributed by atoms with E-state index in [4.69, 9.17) is 10.8 Å². The molecule has 1 aromatic rings. The van der Waals surface area contributed by atoms with Crippen LogP contribution in [0.2, 0.25) is 0 Å². The van der Waals surface area contributed by atoms with Crippen molar-refractivity contribution >= 4 is 11.5 Å². The molecular weight excluding hydrogens is 216 g/mol. The van der Waals surface area contributed by atoms with Gasteiger partial charge in [-0.15, -0.1) is 0 Å². The quantitative estimate of drug-likeness (QED) is 0.704. The van der Waals surface area contributed by atoms with E-state index in [0.29, 0.717) is 5.69 Å². The molecule has 1 aromatic heterocycles. The molecule has 0 spiro atoms. The molecule has 0 aromatic carbocycles. The maximum Gasteiger partial charge on any atom is 0.147 e. The molecule has 0 fully saturated rings. The third-order valence-corrected chi connectivity index (χ3v) is 3.01. The summed E-state index contributed by atoms with van der Waals surface area (Å²) in [6, 6.07) is 0. The Morgan fingerprint density at radius 1 is 1.47 bits per heavy atom. The van der Waals surface area contributed by atoms with Gasteiger partial charge in [-0.25, -0.2) is 0 Å². The molecule has 0 saturated carbocycles. The Balaban J connectivity index is 2.60. The number of nitrogens with zero attached hydrogens (tertiary/aromatic N) is 2. The normalized spacial score (nSPS) is 11.8. The lowest BCUT2D eigenvalue weighted by Crippen LogP contribution is -2.24. The zero-order valence-corrected chi connectivity index (χ0v) is 11.2. The number of aromatic nitrogens is 2. The van der Waals surface area contributed by atoms with Gasteiger partial charge in [-0.05, 0) is 25.2 Å². The highest BCUT2D eigenvalue weighted by molar-refractivity contribution is 5.64. The van der Waals surface area contributed by atoms with Crippen LogP contribution in [0.3, 0.4) is 0 Å². The van der Waals surface area contributed by atoms with Crippen LogP contribution < -0.4 is 11.1 Å². The highest BCUT2D eigenvalue weighted by atomic mass is 16.2. The van der Waals surface area contributed by atoms with Gasteiger partial charge < -0.3 is 16.2 Å². The standard InChI is InChI=1S/C12H24N4O/c1-9-10(13)11(16(4)15-9)14-8-12(2,3)6-5-7-17/h14,17H,5-8,13H2,1-4H3. The molecule has 0 unspecified atom stereocenters. The summed E-state index contributed by atoms with van der Waals surface area (Å²) in [5.74, 6) is 0.875. The van der Waals surface area contributed by atoms with E-state index in [2.05, 4.69) is 24.3 Å². The summed E-state index contributed by atoms with van der Waals surface area (Å²) in [7, 11) is 1.88. The Labute approximate surface area is 103 Å². The topological polar surface area (TPSA) is 76.1 Å². The molecular formula is C12H24N4O. The summed E-state index contributed by atoms with van der Waals surface area (Å²) in [6.07, 6.45) is 1.81. The first-order valence-corrected chi connectivity index (χ1v) is 6.01. The number of anilines is 2. The summed E-state index contributed by atoms with van der Waals surface area (Å²) in [4.78, 5) is 0. The van der Waals surface area contributed by atoms with Crippen LogP contribution in [-0.2, 0) is 7.05 Å². The zero-order chi connectivity index (χ0) is 13.1. The molecule has 1 heterocycles. The van der Waals surface area contributed by atoms with Gasteiger partial charge in [0.05, 0.1) is 11.4 Å². The van der Waals surface area contributed by atoms with Crippen molar-refractivity contribution in [2.45, 2.75) is 33.6 Å². The van der Waals surface area contributed by atoms with E-state index in [1.54, 1.807) is 4.68 Å². The molecule has 0 saturated heterocycles. The number of aliphatic hydroxyl groups excluding tert-OH is 1. The molecule has 0 amide bonds. The van der Waals surface area contributed by atoms with Crippen LogP contribution >= 0.6 is 0 Å². The van der Waals surface area contributed by atoms with Crippen LogP contribution in [0.25, 0.3) is 0 Å². The number of nitrogens with one attached hydrogen (secondary N) is 1. The lowest BCUT2D eigenvalue weighted by molar-refractivity contribution is 0.247. The summed E-state index contributed by atoms with van der Waals surface area (Å²) in [5.41, 5.74) is 7.64. The minimum atomic E-state index is 0.132. The van der Waals surface area contributed by atoms with Crippen molar-refractivity contribution in [1.82, 2.24) is 9.78 Å². The van der Waals surface area contributed by atoms with Crippen LogP contribution in [0.4, 0.5) is 11.5 Å². The summed E-state index contributed by atoms with van der Waals surface area (Å²) >= 11 is 0. The Morgan fingerprint density at radius 3 is 2.59 bits per heavy atom. The first-order chi connectivity index (χ1) is 7.87. The van der Waals surface area contributed by atoms with E-state index in [1.165, 1.54) is 0 Å². The molecule has 0 aliphatic heterocycles. The highest BCUT2D eigenvalue weighted by Gasteiger charge is 2.19. The predicted octanol–water partition coefficient (Wildman–Crippen LogP) is 1.52. The predicted molar refractivity (Wildman–Crippen MR) is 70.9 cm³/mol. The van der Waals surface area contributed by atoms with Crippen molar-refractivity contribution in [3.63, 3.8) is 0 Å². The number of nitrogens with two attached hydrogens (primary N) is 1. The molecule has 0 aliphatic carbocycles. The monoisotopic (exact) mass is 240 g/mol. The Bertz CT molecular complexity index is 371. The molecule has 98 valence electrons. The lowest BCUT2D eigenvalue weighted by Gasteiger charge is -2.25. The van der Waals surface area contributed by atoms with Crippen LogP contribution in [0.1, 0.15) is 32.4 Å². The average Bonchev–Trinajstić information content (AvgIpc) is 2.48. The molecule has 5 heteroatoms. The average molecular weight is 240 g/mol. The van der Waals surface area contributed by atoms with Crippen molar-refractivity contribution in [3.05, 3.63) is 5.69 Å². The SMILES string of the molecule is Cc1nn(C)c(NCC(C)(C)CCCO)c1N. The molecule has 0 atom stereocenters. The maximum absolute atomic E-state index is 8.85. The van der Waals surface area contributed by atoms with Gasteiger partial charge in [0.1, 0.15) is 5.82 Å². The van der Waals surface area contributed by atoms with Crippen molar-refractivity contribution in [1.29, 1.82) is 0 Å². The minimum absolute atomic E-state index is 0.132. The molecule has 0 bridgehead atoms. The summed E-state index contributed by atoms with van der Waals surface area (Å²) in [6.45, 7) is 7.31. The van der Waals surface area contributed by atoms with E-state index < -0.39 is 0 Å². The number of aliphatic hydroxyl groups is 1.